The number of Topliss-reactive ketones (excluding diaryl/α,β-unsaturated/α-hetero) is 2. The number of rotatable bonds is 1. The van der Waals surface area contributed by atoms with Crippen LogP contribution in [-0.2, 0) is 9.59 Å². The Morgan fingerprint density at radius 1 is 0.800 bits per heavy atom. The number of carbonyl (C=O) groups excluding carboxylic acids is 2. The van der Waals surface area contributed by atoms with Gasteiger partial charge in [0.1, 0.15) is 11.6 Å². The van der Waals surface area contributed by atoms with Gasteiger partial charge in [-0.05, 0) is 96.2 Å². The molecule has 0 heterocycles. The fraction of sp³-hybridized carbons (Fsp3) is 0.879. The van der Waals surface area contributed by atoms with Crippen LogP contribution in [0.3, 0.4) is 0 Å². The van der Waals surface area contributed by atoms with Crippen LogP contribution in [0.1, 0.15) is 127 Å². The van der Waals surface area contributed by atoms with E-state index in [0.717, 1.165) is 32.1 Å². The molecule has 7 unspecified atom stereocenters. The fourth-order valence-electron chi connectivity index (χ4n) is 10.9. The van der Waals surface area contributed by atoms with Crippen LogP contribution in [-0.4, -0.2) is 11.6 Å². The minimum absolute atomic E-state index is 0.0528. The highest BCUT2D eigenvalue weighted by Crippen LogP contribution is 2.76. The summed E-state index contributed by atoms with van der Waals surface area (Å²) < 4.78 is 0. The third-order valence-corrected chi connectivity index (χ3v) is 13.2. The predicted molar refractivity (Wildman–Crippen MR) is 146 cm³/mol. The molecule has 0 N–H and O–H groups in total. The maximum absolute atomic E-state index is 14.3. The summed E-state index contributed by atoms with van der Waals surface area (Å²) in [5, 5.41) is 0. The molecule has 35 heavy (non-hydrogen) atoms. The van der Waals surface area contributed by atoms with E-state index in [4.69, 9.17) is 0 Å². The molecule has 0 bridgehead atoms. The van der Waals surface area contributed by atoms with Crippen molar-refractivity contribution in [2.75, 3.05) is 0 Å². The van der Waals surface area contributed by atoms with E-state index < -0.39 is 0 Å². The van der Waals surface area contributed by atoms with Crippen molar-refractivity contribution >= 4 is 11.6 Å². The normalized spacial score (nSPS) is 49.9. The molecule has 0 saturated heterocycles. The second-order valence-electron chi connectivity index (χ2n) is 15.2. The van der Waals surface area contributed by atoms with Gasteiger partial charge < -0.3 is 0 Å². The van der Waals surface area contributed by atoms with Gasteiger partial charge in [0.2, 0.25) is 0 Å². The molecular formula is C33H54O2. The Kier molecular flexibility index (Phi) is 6.42. The molecule has 2 heteroatoms. The molecule has 0 aromatic carbocycles. The quantitative estimate of drug-likeness (QED) is 0.350. The van der Waals surface area contributed by atoms with E-state index in [1.165, 1.54) is 25.7 Å². The smallest absolute Gasteiger partial charge is 0.138 e. The number of hydrogen-bond acceptors (Lipinski definition) is 2. The minimum atomic E-state index is -0.257. The van der Waals surface area contributed by atoms with Gasteiger partial charge in [0.25, 0.3) is 0 Å². The van der Waals surface area contributed by atoms with Crippen LogP contribution < -0.4 is 0 Å². The van der Waals surface area contributed by atoms with Crippen molar-refractivity contribution in [2.45, 2.75) is 127 Å². The first-order chi connectivity index (χ1) is 16.2. The van der Waals surface area contributed by atoms with Crippen LogP contribution in [0.4, 0.5) is 0 Å². The first-order valence-corrected chi connectivity index (χ1v) is 14.9. The van der Waals surface area contributed by atoms with Crippen molar-refractivity contribution in [2.24, 2.45) is 56.2 Å². The number of hydrogen-bond donors (Lipinski definition) is 0. The number of allylic oxidation sites excluding steroid dienone is 1. The van der Waals surface area contributed by atoms with Crippen LogP contribution >= 0.6 is 0 Å². The molecule has 0 spiro atoms. The summed E-state index contributed by atoms with van der Waals surface area (Å²) >= 11 is 0. The topological polar surface area (TPSA) is 34.1 Å². The summed E-state index contributed by atoms with van der Waals surface area (Å²) in [6.45, 7) is 25.1. The van der Waals surface area contributed by atoms with Crippen molar-refractivity contribution in [3.63, 3.8) is 0 Å². The lowest BCUT2D eigenvalue weighted by Crippen LogP contribution is -2.68. The van der Waals surface area contributed by atoms with Gasteiger partial charge in [0.15, 0.2) is 0 Å². The van der Waals surface area contributed by atoms with E-state index >= 15 is 0 Å². The fourth-order valence-corrected chi connectivity index (χ4v) is 10.9. The Morgan fingerprint density at radius 3 is 2.06 bits per heavy atom. The van der Waals surface area contributed by atoms with Crippen molar-refractivity contribution in [1.29, 1.82) is 0 Å². The second kappa shape index (κ2) is 8.29. The molecule has 5 fully saturated rings. The van der Waals surface area contributed by atoms with E-state index in [-0.39, 0.29) is 33.0 Å². The number of fused-ring (bicyclic) bond motifs is 7. The molecule has 5 saturated carbocycles. The Hall–Kier alpha value is -0.920. The molecule has 2 nitrogen and oxygen atoms in total. The monoisotopic (exact) mass is 482 g/mol. The predicted octanol–water partition coefficient (Wildman–Crippen LogP) is 8.83. The second-order valence-corrected chi connectivity index (χ2v) is 15.2. The highest BCUT2D eigenvalue weighted by Gasteiger charge is 2.71. The van der Waals surface area contributed by atoms with E-state index in [9.17, 15) is 9.59 Å². The highest BCUT2D eigenvalue weighted by molar-refractivity contribution is 5.86. The van der Waals surface area contributed by atoms with Crippen LogP contribution in [0, 0.1) is 56.2 Å². The van der Waals surface area contributed by atoms with Gasteiger partial charge in [-0.1, -0.05) is 68.4 Å². The summed E-state index contributed by atoms with van der Waals surface area (Å²) in [6, 6.07) is 0. The standard InChI is InChI=1S/C31H48O2.C2H6/c1-9-31-16-14-26(2,3)19-20(31)25-21(32)18-23-28(6)12-11-24(33)27(4,5)22(28)10-13-29(23,7)30(25,8)15-17-31;1-2/h9,20,22-23,25H,1,10-19H2,2-8H3;1-2H3/t20?,22?,23?,25?,28?,29?,30-,31?;/m1./s1. The molecule has 5 rings (SSSR count). The lowest BCUT2D eigenvalue weighted by molar-refractivity contribution is -0.229. The Balaban J connectivity index is 0.00000141. The Morgan fingerprint density at radius 2 is 1.43 bits per heavy atom. The third kappa shape index (κ3) is 3.46. The summed E-state index contributed by atoms with van der Waals surface area (Å²) in [5.41, 5.74) is 0.517. The van der Waals surface area contributed by atoms with Crippen LogP contribution in [0.5, 0.6) is 0 Å². The maximum Gasteiger partial charge on any atom is 0.138 e. The van der Waals surface area contributed by atoms with Crippen molar-refractivity contribution < 1.29 is 9.59 Å². The van der Waals surface area contributed by atoms with Gasteiger partial charge in [0, 0.05) is 24.2 Å². The van der Waals surface area contributed by atoms with Gasteiger partial charge in [-0.15, -0.1) is 6.58 Å². The van der Waals surface area contributed by atoms with Gasteiger partial charge in [-0.2, -0.15) is 0 Å². The van der Waals surface area contributed by atoms with Gasteiger partial charge in [0.05, 0.1) is 0 Å². The molecule has 0 amide bonds. The van der Waals surface area contributed by atoms with E-state index in [1.54, 1.807) is 0 Å². The van der Waals surface area contributed by atoms with Crippen LogP contribution in [0.2, 0.25) is 0 Å². The van der Waals surface area contributed by atoms with E-state index in [2.05, 4.69) is 61.1 Å². The molecule has 198 valence electrons. The third-order valence-electron chi connectivity index (χ3n) is 13.2. The summed E-state index contributed by atoms with van der Waals surface area (Å²) in [7, 11) is 0. The molecule has 0 aromatic heterocycles. The molecule has 5 aliphatic carbocycles. The highest BCUT2D eigenvalue weighted by atomic mass is 16.1. The van der Waals surface area contributed by atoms with Crippen molar-refractivity contribution in [1.82, 2.24) is 0 Å². The Labute approximate surface area is 216 Å². The first-order valence-electron chi connectivity index (χ1n) is 14.9. The summed E-state index contributed by atoms with van der Waals surface area (Å²) in [4.78, 5) is 27.2. The van der Waals surface area contributed by atoms with Gasteiger partial charge in [-0.25, -0.2) is 0 Å². The molecular weight excluding hydrogens is 428 g/mol. The van der Waals surface area contributed by atoms with Crippen molar-refractivity contribution in [3.8, 4) is 0 Å². The lowest BCUT2D eigenvalue weighted by atomic mass is 9.31. The maximum atomic E-state index is 14.3. The van der Waals surface area contributed by atoms with E-state index in [1.807, 2.05) is 13.8 Å². The zero-order valence-electron chi connectivity index (χ0n) is 24.5. The largest absolute Gasteiger partial charge is 0.299 e. The molecule has 0 radical (unpaired) electrons. The van der Waals surface area contributed by atoms with Gasteiger partial charge >= 0.3 is 0 Å². The SMILES string of the molecule is C=CC12CCC(C)(C)CC1C1C(=O)CC3C4(C)CCC(=O)C(C)(C)C4CCC3(C)[C@]1(C)CC2.CC. The molecule has 0 aliphatic heterocycles. The van der Waals surface area contributed by atoms with Crippen molar-refractivity contribution in [3.05, 3.63) is 12.7 Å². The van der Waals surface area contributed by atoms with Crippen LogP contribution in [0.25, 0.3) is 0 Å². The molecule has 5 aliphatic rings. The Bertz CT molecular complexity index is 897. The lowest BCUT2D eigenvalue weighted by Gasteiger charge is -2.72. The summed E-state index contributed by atoms with van der Waals surface area (Å²) in [5.74, 6) is 2.41. The zero-order valence-corrected chi connectivity index (χ0v) is 24.5. The average molecular weight is 483 g/mol. The molecule has 0 aromatic rings. The average Bonchev–Trinajstić information content (AvgIpc) is 2.79. The summed E-state index contributed by atoms with van der Waals surface area (Å²) in [6.07, 6.45) is 12.9. The van der Waals surface area contributed by atoms with E-state index in [0.29, 0.717) is 41.2 Å². The van der Waals surface area contributed by atoms with Crippen LogP contribution in [0.15, 0.2) is 12.7 Å². The molecule has 8 atom stereocenters. The minimum Gasteiger partial charge on any atom is -0.299 e. The number of ketones is 2. The van der Waals surface area contributed by atoms with Gasteiger partial charge in [-0.3, -0.25) is 9.59 Å². The number of carbonyl (C=O) groups is 2. The first kappa shape index (κ1) is 27.1. The zero-order chi connectivity index (χ0) is 26.2.